The molecule has 0 bridgehead atoms. The molecule has 0 spiro atoms. The molecule has 0 radical (unpaired) electrons. The standard InChI is InChI=1S/C5H7Cl3O2/c1-10-5(9)3(6)2-4(7)8/h3-4H,2H2,1H3. The van der Waals surface area contributed by atoms with Gasteiger partial charge in [-0.3, -0.25) is 4.79 Å². The second-order valence-corrected chi connectivity index (χ2v) is 3.42. The van der Waals surface area contributed by atoms with Crippen molar-refractivity contribution in [2.75, 3.05) is 7.11 Å². The Hall–Kier alpha value is 0.340. The smallest absolute Gasteiger partial charge is 0.323 e. The van der Waals surface area contributed by atoms with E-state index in [4.69, 9.17) is 34.8 Å². The third-order valence-corrected chi connectivity index (χ3v) is 1.55. The zero-order valence-corrected chi connectivity index (χ0v) is 7.58. The molecule has 0 amide bonds. The van der Waals surface area contributed by atoms with Gasteiger partial charge in [-0.2, -0.15) is 0 Å². The number of methoxy groups -OCH3 is 1. The van der Waals surface area contributed by atoms with Crippen molar-refractivity contribution in [2.24, 2.45) is 0 Å². The van der Waals surface area contributed by atoms with Crippen LogP contribution in [-0.4, -0.2) is 23.3 Å². The maximum Gasteiger partial charge on any atom is 0.323 e. The summed E-state index contributed by atoms with van der Waals surface area (Å²) in [6, 6.07) is 0. The van der Waals surface area contributed by atoms with Crippen molar-refractivity contribution in [2.45, 2.75) is 16.6 Å². The Balaban J connectivity index is 3.61. The summed E-state index contributed by atoms with van der Waals surface area (Å²) >= 11 is 16.2. The molecule has 0 N–H and O–H groups in total. The fourth-order valence-electron chi connectivity index (χ4n) is 0.381. The highest BCUT2D eigenvalue weighted by Gasteiger charge is 2.18. The quantitative estimate of drug-likeness (QED) is 0.520. The molecule has 0 saturated heterocycles. The average molecular weight is 205 g/mol. The van der Waals surface area contributed by atoms with Crippen LogP contribution in [0.3, 0.4) is 0 Å². The molecule has 1 atom stereocenters. The fourth-order valence-corrected chi connectivity index (χ4v) is 1.19. The van der Waals surface area contributed by atoms with Gasteiger partial charge in [-0.05, 0) is 0 Å². The molecule has 0 rings (SSSR count). The van der Waals surface area contributed by atoms with Crippen LogP contribution < -0.4 is 0 Å². The number of ether oxygens (including phenoxy) is 1. The first-order valence-electron chi connectivity index (χ1n) is 2.58. The molecule has 0 aliphatic carbocycles. The molecule has 0 saturated carbocycles. The number of hydrogen-bond donors (Lipinski definition) is 0. The minimum absolute atomic E-state index is 0.206. The van der Waals surface area contributed by atoms with Crippen LogP contribution in [0.15, 0.2) is 0 Å². The van der Waals surface area contributed by atoms with Crippen molar-refractivity contribution in [1.82, 2.24) is 0 Å². The topological polar surface area (TPSA) is 26.3 Å². The van der Waals surface area contributed by atoms with E-state index in [-0.39, 0.29) is 6.42 Å². The van der Waals surface area contributed by atoms with Gasteiger partial charge in [-0.15, -0.1) is 34.8 Å². The van der Waals surface area contributed by atoms with Gasteiger partial charge >= 0.3 is 5.97 Å². The van der Waals surface area contributed by atoms with Gasteiger partial charge in [0.05, 0.1) is 7.11 Å². The van der Waals surface area contributed by atoms with Gasteiger partial charge in [0.1, 0.15) is 10.2 Å². The monoisotopic (exact) mass is 204 g/mol. The summed E-state index contributed by atoms with van der Waals surface area (Å²) in [6.07, 6.45) is 0.206. The molecule has 0 aliphatic rings. The molecule has 0 aromatic heterocycles. The lowest BCUT2D eigenvalue weighted by molar-refractivity contribution is -0.140. The number of esters is 1. The van der Waals surface area contributed by atoms with E-state index in [0.717, 1.165) is 0 Å². The summed E-state index contributed by atoms with van der Waals surface area (Å²) in [7, 11) is 1.26. The normalized spacial score (nSPS) is 13.3. The van der Waals surface area contributed by atoms with Crippen molar-refractivity contribution in [3.05, 3.63) is 0 Å². The summed E-state index contributed by atoms with van der Waals surface area (Å²) in [6.45, 7) is 0. The van der Waals surface area contributed by atoms with Crippen LogP contribution in [0.25, 0.3) is 0 Å². The van der Waals surface area contributed by atoms with E-state index in [0.29, 0.717) is 0 Å². The predicted molar refractivity (Wildman–Crippen MR) is 41.8 cm³/mol. The van der Waals surface area contributed by atoms with Gasteiger partial charge in [-0.1, -0.05) is 0 Å². The first-order chi connectivity index (χ1) is 4.57. The predicted octanol–water partition coefficient (Wildman–Crippen LogP) is 1.96. The average Bonchev–Trinajstić information content (AvgIpc) is 1.85. The Morgan fingerprint density at radius 3 is 2.30 bits per heavy atom. The van der Waals surface area contributed by atoms with E-state index in [2.05, 4.69) is 4.74 Å². The van der Waals surface area contributed by atoms with E-state index in [1.807, 2.05) is 0 Å². The molecule has 0 aromatic rings. The Morgan fingerprint density at radius 2 is 2.00 bits per heavy atom. The fraction of sp³-hybridized carbons (Fsp3) is 0.800. The van der Waals surface area contributed by atoms with Gasteiger partial charge in [0.2, 0.25) is 0 Å². The van der Waals surface area contributed by atoms with E-state index >= 15 is 0 Å². The molecule has 1 unspecified atom stereocenters. The zero-order chi connectivity index (χ0) is 8.15. The van der Waals surface area contributed by atoms with E-state index in [9.17, 15) is 4.79 Å². The number of halogens is 3. The number of carbonyl (C=O) groups is 1. The minimum atomic E-state index is -0.745. The van der Waals surface area contributed by atoms with Crippen LogP contribution in [0.2, 0.25) is 0 Å². The van der Waals surface area contributed by atoms with Crippen molar-refractivity contribution >= 4 is 40.8 Å². The third kappa shape index (κ3) is 4.20. The lowest BCUT2D eigenvalue weighted by Crippen LogP contribution is -2.18. The molecular formula is C5H7Cl3O2. The van der Waals surface area contributed by atoms with Crippen LogP contribution in [-0.2, 0) is 9.53 Å². The third-order valence-electron chi connectivity index (χ3n) is 0.842. The van der Waals surface area contributed by atoms with Crippen LogP contribution in [0.5, 0.6) is 0 Å². The van der Waals surface area contributed by atoms with Crippen molar-refractivity contribution in [3.63, 3.8) is 0 Å². The van der Waals surface area contributed by atoms with Gasteiger partial charge in [0.25, 0.3) is 0 Å². The molecule has 0 aliphatic heterocycles. The Morgan fingerprint density at radius 1 is 1.50 bits per heavy atom. The Kier molecular flexibility index (Phi) is 5.22. The van der Waals surface area contributed by atoms with Crippen LogP contribution in [0, 0.1) is 0 Å². The number of alkyl halides is 3. The SMILES string of the molecule is COC(=O)C(Cl)CC(Cl)Cl. The van der Waals surface area contributed by atoms with Crippen LogP contribution in [0.4, 0.5) is 0 Å². The first kappa shape index (κ1) is 10.3. The molecule has 5 heteroatoms. The number of rotatable bonds is 3. The second-order valence-electron chi connectivity index (χ2n) is 1.62. The highest BCUT2D eigenvalue weighted by Crippen LogP contribution is 2.14. The molecule has 2 nitrogen and oxygen atoms in total. The molecular weight excluding hydrogens is 198 g/mol. The molecule has 0 heterocycles. The van der Waals surface area contributed by atoms with Gasteiger partial charge in [0, 0.05) is 6.42 Å². The molecule has 10 heavy (non-hydrogen) atoms. The highest BCUT2D eigenvalue weighted by atomic mass is 35.5. The molecule has 0 aromatic carbocycles. The van der Waals surface area contributed by atoms with Gasteiger partial charge in [0.15, 0.2) is 0 Å². The Labute approximate surface area is 74.4 Å². The van der Waals surface area contributed by atoms with Crippen molar-refractivity contribution < 1.29 is 9.53 Å². The highest BCUT2D eigenvalue weighted by molar-refractivity contribution is 6.45. The summed E-state index contributed by atoms with van der Waals surface area (Å²) in [5, 5.41) is -0.745. The number of hydrogen-bond acceptors (Lipinski definition) is 2. The number of carbonyl (C=O) groups excluding carboxylic acids is 1. The maximum atomic E-state index is 10.6. The van der Waals surface area contributed by atoms with Crippen LogP contribution >= 0.6 is 34.8 Å². The van der Waals surface area contributed by atoms with Crippen molar-refractivity contribution in [1.29, 1.82) is 0 Å². The molecule has 0 fully saturated rings. The van der Waals surface area contributed by atoms with Gasteiger partial charge in [-0.25, -0.2) is 0 Å². The second kappa shape index (κ2) is 5.05. The summed E-state index contributed by atoms with van der Waals surface area (Å²) in [4.78, 5) is 9.95. The Bertz CT molecular complexity index is 115. The van der Waals surface area contributed by atoms with Crippen LogP contribution in [0.1, 0.15) is 6.42 Å². The lowest BCUT2D eigenvalue weighted by atomic mass is 10.3. The first-order valence-corrected chi connectivity index (χ1v) is 3.89. The minimum Gasteiger partial charge on any atom is -0.468 e. The van der Waals surface area contributed by atoms with E-state index < -0.39 is 16.2 Å². The summed E-state index contributed by atoms with van der Waals surface area (Å²) in [5.74, 6) is -0.507. The summed E-state index contributed by atoms with van der Waals surface area (Å²) < 4.78 is 4.32. The van der Waals surface area contributed by atoms with E-state index in [1.165, 1.54) is 7.11 Å². The largest absolute Gasteiger partial charge is 0.468 e. The van der Waals surface area contributed by atoms with E-state index in [1.54, 1.807) is 0 Å². The van der Waals surface area contributed by atoms with Gasteiger partial charge < -0.3 is 4.74 Å². The maximum absolute atomic E-state index is 10.6. The zero-order valence-electron chi connectivity index (χ0n) is 5.31. The lowest BCUT2D eigenvalue weighted by Gasteiger charge is -2.05. The molecule has 60 valence electrons. The van der Waals surface area contributed by atoms with Crippen molar-refractivity contribution in [3.8, 4) is 0 Å². The summed E-state index contributed by atoms with van der Waals surface area (Å²) in [5.41, 5.74) is 0.